The molecule has 2 bridgehead atoms. The molecule has 0 saturated carbocycles. The lowest BCUT2D eigenvalue weighted by Gasteiger charge is -2.42. The van der Waals surface area contributed by atoms with Crippen molar-refractivity contribution in [2.75, 3.05) is 31.1 Å². The smallest absolute Gasteiger partial charge is 0.149 e. The standard InChI is InChI=1S/C11H15ClN4/c12-10-4-14-5-11(15-10)16-6-8-1-9(7-16)3-13-2-8/h4-5,8-9,13H,1-3,6-7H2. The number of anilines is 1. The molecule has 0 aromatic carbocycles. The molecule has 3 heterocycles. The van der Waals surface area contributed by atoms with Gasteiger partial charge in [-0.2, -0.15) is 0 Å². The van der Waals surface area contributed by atoms with Crippen molar-refractivity contribution < 1.29 is 0 Å². The van der Waals surface area contributed by atoms with Gasteiger partial charge in [-0.05, 0) is 31.3 Å². The van der Waals surface area contributed by atoms with Crippen molar-refractivity contribution in [3.63, 3.8) is 0 Å². The summed E-state index contributed by atoms with van der Waals surface area (Å²) < 4.78 is 0. The maximum absolute atomic E-state index is 5.87. The number of hydrogen-bond acceptors (Lipinski definition) is 4. The van der Waals surface area contributed by atoms with Crippen LogP contribution in [0.4, 0.5) is 5.82 Å². The third-order valence-electron chi connectivity index (χ3n) is 3.41. The van der Waals surface area contributed by atoms with Crippen molar-refractivity contribution >= 4 is 17.4 Å². The Bertz CT molecular complexity index is 372. The van der Waals surface area contributed by atoms with Gasteiger partial charge in [0, 0.05) is 13.1 Å². The van der Waals surface area contributed by atoms with E-state index >= 15 is 0 Å². The van der Waals surface area contributed by atoms with Crippen molar-refractivity contribution in [3.05, 3.63) is 17.5 Å². The Hall–Kier alpha value is -0.870. The highest BCUT2D eigenvalue weighted by atomic mass is 35.5. The molecular weight excluding hydrogens is 224 g/mol. The first-order chi connectivity index (χ1) is 7.81. The third kappa shape index (κ3) is 1.99. The van der Waals surface area contributed by atoms with Gasteiger partial charge in [-0.1, -0.05) is 11.6 Å². The molecule has 0 radical (unpaired) electrons. The van der Waals surface area contributed by atoms with Crippen molar-refractivity contribution in [2.45, 2.75) is 6.42 Å². The highest BCUT2D eigenvalue weighted by molar-refractivity contribution is 6.29. The van der Waals surface area contributed by atoms with Crippen molar-refractivity contribution in [1.29, 1.82) is 0 Å². The predicted octanol–water partition coefficient (Wildman–Crippen LogP) is 1.18. The number of nitrogens with one attached hydrogen (secondary N) is 1. The first-order valence-corrected chi connectivity index (χ1v) is 6.12. The van der Waals surface area contributed by atoms with E-state index in [1.54, 1.807) is 12.4 Å². The van der Waals surface area contributed by atoms with E-state index in [2.05, 4.69) is 20.2 Å². The first kappa shape index (κ1) is 10.3. The molecule has 2 aliphatic heterocycles. The van der Waals surface area contributed by atoms with Crippen LogP contribution in [0.25, 0.3) is 0 Å². The molecule has 1 aromatic rings. The molecule has 0 amide bonds. The molecule has 86 valence electrons. The molecular formula is C11H15ClN4. The maximum Gasteiger partial charge on any atom is 0.149 e. The maximum atomic E-state index is 5.87. The summed E-state index contributed by atoms with van der Waals surface area (Å²) in [6.45, 7) is 4.39. The van der Waals surface area contributed by atoms with Crippen LogP contribution in [0, 0.1) is 11.8 Å². The van der Waals surface area contributed by atoms with E-state index in [1.165, 1.54) is 6.42 Å². The Morgan fingerprint density at radius 1 is 1.25 bits per heavy atom. The number of rotatable bonds is 1. The van der Waals surface area contributed by atoms with Crippen LogP contribution in [0.2, 0.25) is 5.15 Å². The quantitative estimate of drug-likeness (QED) is 0.798. The van der Waals surface area contributed by atoms with Crippen molar-refractivity contribution in [3.8, 4) is 0 Å². The number of nitrogens with zero attached hydrogens (tertiary/aromatic N) is 3. The molecule has 4 nitrogen and oxygen atoms in total. The minimum Gasteiger partial charge on any atom is -0.355 e. The van der Waals surface area contributed by atoms with Crippen LogP contribution in [0.1, 0.15) is 6.42 Å². The van der Waals surface area contributed by atoms with Gasteiger partial charge in [-0.25, -0.2) is 4.98 Å². The van der Waals surface area contributed by atoms with Gasteiger partial charge in [0.05, 0.1) is 12.4 Å². The molecule has 2 aliphatic rings. The number of halogens is 1. The fourth-order valence-electron chi connectivity index (χ4n) is 2.78. The van der Waals surface area contributed by atoms with Crippen LogP contribution < -0.4 is 10.2 Å². The van der Waals surface area contributed by atoms with Gasteiger partial charge in [0.25, 0.3) is 0 Å². The average molecular weight is 239 g/mol. The SMILES string of the molecule is Clc1cncc(N2CC3CNCC(C3)C2)n1. The van der Waals surface area contributed by atoms with Crippen LogP contribution in [-0.2, 0) is 0 Å². The molecule has 2 atom stereocenters. The molecule has 1 N–H and O–H groups in total. The topological polar surface area (TPSA) is 41.1 Å². The first-order valence-electron chi connectivity index (χ1n) is 5.74. The Morgan fingerprint density at radius 3 is 2.69 bits per heavy atom. The average Bonchev–Trinajstić information content (AvgIpc) is 2.28. The highest BCUT2D eigenvalue weighted by Gasteiger charge is 2.30. The molecule has 2 saturated heterocycles. The number of piperidine rings is 2. The zero-order chi connectivity index (χ0) is 11.0. The van der Waals surface area contributed by atoms with Crippen molar-refractivity contribution in [2.24, 2.45) is 11.8 Å². The summed E-state index contributed by atoms with van der Waals surface area (Å²) in [5.74, 6) is 2.41. The van der Waals surface area contributed by atoms with E-state index in [-0.39, 0.29) is 0 Å². The summed E-state index contributed by atoms with van der Waals surface area (Å²) in [5.41, 5.74) is 0. The monoisotopic (exact) mass is 238 g/mol. The summed E-state index contributed by atoms with van der Waals surface area (Å²) in [6.07, 6.45) is 4.73. The molecule has 3 rings (SSSR count). The van der Waals surface area contributed by atoms with E-state index in [9.17, 15) is 0 Å². The van der Waals surface area contributed by atoms with Gasteiger partial charge in [-0.15, -0.1) is 0 Å². The second kappa shape index (κ2) is 4.18. The van der Waals surface area contributed by atoms with Gasteiger partial charge < -0.3 is 10.2 Å². The lowest BCUT2D eigenvalue weighted by atomic mass is 9.86. The van der Waals surface area contributed by atoms with Gasteiger partial charge in [0.15, 0.2) is 0 Å². The molecule has 0 aliphatic carbocycles. The number of aromatic nitrogens is 2. The lowest BCUT2D eigenvalue weighted by molar-refractivity contribution is 0.249. The summed E-state index contributed by atoms with van der Waals surface area (Å²) in [7, 11) is 0. The van der Waals surface area contributed by atoms with Crippen LogP contribution in [0.3, 0.4) is 0 Å². The lowest BCUT2D eigenvalue weighted by Crippen LogP contribution is -2.51. The van der Waals surface area contributed by atoms with Crippen LogP contribution in [-0.4, -0.2) is 36.1 Å². The van der Waals surface area contributed by atoms with E-state index in [1.807, 2.05) is 0 Å². The Kier molecular flexibility index (Phi) is 2.69. The molecule has 16 heavy (non-hydrogen) atoms. The molecule has 5 heteroatoms. The minimum atomic E-state index is 0.478. The largest absolute Gasteiger partial charge is 0.355 e. The Balaban J connectivity index is 1.80. The van der Waals surface area contributed by atoms with Crippen molar-refractivity contribution in [1.82, 2.24) is 15.3 Å². The minimum absolute atomic E-state index is 0.478. The van der Waals surface area contributed by atoms with Gasteiger partial charge in [-0.3, -0.25) is 4.98 Å². The summed E-state index contributed by atoms with van der Waals surface area (Å²) in [6, 6.07) is 0. The summed E-state index contributed by atoms with van der Waals surface area (Å²) >= 11 is 5.87. The summed E-state index contributed by atoms with van der Waals surface area (Å²) in [4.78, 5) is 10.8. The van der Waals surface area contributed by atoms with Gasteiger partial charge in [0.1, 0.15) is 11.0 Å². The predicted molar refractivity (Wildman–Crippen MR) is 63.7 cm³/mol. The fraction of sp³-hybridized carbons (Fsp3) is 0.636. The molecule has 1 aromatic heterocycles. The zero-order valence-corrected chi connectivity index (χ0v) is 9.82. The summed E-state index contributed by atoms with van der Waals surface area (Å²) in [5, 5.41) is 3.96. The van der Waals surface area contributed by atoms with Crippen LogP contribution in [0.5, 0.6) is 0 Å². The van der Waals surface area contributed by atoms with Gasteiger partial charge >= 0.3 is 0 Å². The zero-order valence-electron chi connectivity index (χ0n) is 9.06. The number of hydrogen-bond donors (Lipinski definition) is 1. The molecule has 2 unspecified atom stereocenters. The molecule has 0 spiro atoms. The van der Waals surface area contributed by atoms with E-state index < -0.39 is 0 Å². The van der Waals surface area contributed by atoms with Crippen LogP contribution in [0.15, 0.2) is 12.4 Å². The second-order valence-electron chi connectivity index (χ2n) is 4.73. The van der Waals surface area contributed by atoms with Gasteiger partial charge in [0.2, 0.25) is 0 Å². The Morgan fingerprint density at radius 2 is 2.00 bits per heavy atom. The molecule has 2 fully saturated rings. The third-order valence-corrected chi connectivity index (χ3v) is 3.59. The highest BCUT2D eigenvalue weighted by Crippen LogP contribution is 2.27. The van der Waals surface area contributed by atoms with Crippen LogP contribution >= 0.6 is 11.6 Å². The normalized spacial score (nSPS) is 29.2. The second-order valence-corrected chi connectivity index (χ2v) is 5.12. The van der Waals surface area contributed by atoms with E-state index in [4.69, 9.17) is 11.6 Å². The number of fused-ring (bicyclic) bond motifs is 2. The fourth-order valence-corrected chi connectivity index (χ4v) is 2.92. The van der Waals surface area contributed by atoms with E-state index in [0.717, 1.165) is 43.8 Å². The van der Waals surface area contributed by atoms with E-state index in [0.29, 0.717) is 5.15 Å². The Labute approximate surface area is 100 Å².